The Hall–Kier alpha value is -2.14. The van der Waals surface area contributed by atoms with E-state index in [0.29, 0.717) is 18.2 Å². The second-order valence-electron chi connectivity index (χ2n) is 6.87. The maximum atomic E-state index is 12.5. The molecule has 0 unspecified atom stereocenters. The molecule has 3 N–H and O–H groups in total. The molecule has 24 heavy (non-hydrogen) atoms. The minimum Gasteiger partial charge on any atom is -0.349 e. The van der Waals surface area contributed by atoms with Crippen molar-refractivity contribution in [2.45, 2.75) is 58.2 Å². The highest BCUT2D eigenvalue weighted by atomic mass is 16.1. The number of nitrogens with two attached hydrogens (primary N) is 1. The highest BCUT2D eigenvalue weighted by Gasteiger charge is 2.20. The smallest absolute Gasteiger partial charge is 0.251 e. The van der Waals surface area contributed by atoms with Crippen molar-refractivity contribution in [3.05, 3.63) is 52.8 Å². The number of nitrogens with zero attached hydrogens (tertiary/aromatic N) is 2. The van der Waals surface area contributed by atoms with Crippen LogP contribution in [0.1, 0.15) is 53.0 Å². The van der Waals surface area contributed by atoms with E-state index in [0.717, 1.165) is 42.6 Å². The van der Waals surface area contributed by atoms with Crippen LogP contribution in [0.4, 0.5) is 0 Å². The van der Waals surface area contributed by atoms with Crippen molar-refractivity contribution in [1.82, 2.24) is 15.1 Å². The summed E-state index contributed by atoms with van der Waals surface area (Å²) in [7, 11) is 0. The monoisotopic (exact) mass is 326 g/mol. The number of aromatic nitrogens is 2. The first-order valence-electron chi connectivity index (χ1n) is 8.67. The third-order valence-corrected chi connectivity index (χ3v) is 4.73. The molecule has 3 rings (SSSR count). The summed E-state index contributed by atoms with van der Waals surface area (Å²) in [4.78, 5) is 12.5. The van der Waals surface area contributed by atoms with Crippen LogP contribution in [0.25, 0.3) is 0 Å². The van der Waals surface area contributed by atoms with Crippen LogP contribution in [0.15, 0.2) is 30.3 Å². The number of rotatable bonds is 4. The van der Waals surface area contributed by atoms with E-state index in [4.69, 9.17) is 5.73 Å². The number of hydrogen-bond acceptors (Lipinski definition) is 3. The van der Waals surface area contributed by atoms with E-state index in [1.807, 2.05) is 42.8 Å². The van der Waals surface area contributed by atoms with Crippen LogP contribution in [0.3, 0.4) is 0 Å². The molecular weight excluding hydrogens is 300 g/mol. The molecule has 0 aliphatic heterocycles. The van der Waals surface area contributed by atoms with Crippen LogP contribution in [0, 0.1) is 13.8 Å². The van der Waals surface area contributed by atoms with Gasteiger partial charge in [-0.1, -0.05) is 12.1 Å². The van der Waals surface area contributed by atoms with Crippen molar-refractivity contribution in [3.63, 3.8) is 0 Å². The molecule has 0 spiro atoms. The van der Waals surface area contributed by atoms with Gasteiger partial charge < -0.3 is 11.1 Å². The highest BCUT2D eigenvalue weighted by Crippen LogP contribution is 2.18. The van der Waals surface area contributed by atoms with Crippen LogP contribution in [0.2, 0.25) is 0 Å². The molecule has 2 aromatic rings. The molecular formula is C19H26N4O. The molecule has 1 amide bonds. The second-order valence-corrected chi connectivity index (χ2v) is 6.87. The van der Waals surface area contributed by atoms with Gasteiger partial charge >= 0.3 is 0 Å². The Morgan fingerprint density at radius 3 is 2.67 bits per heavy atom. The fourth-order valence-corrected chi connectivity index (χ4v) is 3.35. The van der Waals surface area contributed by atoms with Gasteiger partial charge in [-0.05, 0) is 63.3 Å². The summed E-state index contributed by atoms with van der Waals surface area (Å²) in [5, 5.41) is 7.63. The zero-order valence-corrected chi connectivity index (χ0v) is 14.5. The van der Waals surface area contributed by atoms with E-state index in [1.54, 1.807) is 0 Å². The molecule has 128 valence electrons. The third kappa shape index (κ3) is 4.03. The first kappa shape index (κ1) is 16.7. The van der Waals surface area contributed by atoms with E-state index in [1.165, 1.54) is 0 Å². The lowest BCUT2D eigenvalue weighted by atomic mass is 9.91. The number of aryl methyl sites for hydroxylation is 2. The van der Waals surface area contributed by atoms with Crippen molar-refractivity contribution < 1.29 is 4.79 Å². The first-order chi connectivity index (χ1) is 11.5. The van der Waals surface area contributed by atoms with Gasteiger partial charge in [0.25, 0.3) is 5.91 Å². The van der Waals surface area contributed by atoms with Crippen molar-refractivity contribution in [2.75, 3.05) is 0 Å². The lowest BCUT2D eigenvalue weighted by Crippen LogP contribution is -2.40. The van der Waals surface area contributed by atoms with Gasteiger partial charge in [-0.25, -0.2) is 0 Å². The quantitative estimate of drug-likeness (QED) is 0.907. The summed E-state index contributed by atoms with van der Waals surface area (Å²) >= 11 is 0. The first-order valence-corrected chi connectivity index (χ1v) is 8.67. The summed E-state index contributed by atoms with van der Waals surface area (Å²) in [6.45, 7) is 4.72. The van der Waals surface area contributed by atoms with Crippen LogP contribution >= 0.6 is 0 Å². The minimum absolute atomic E-state index is 0.00527. The highest BCUT2D eigenvalue weighted by molar-refractivity contribution is 5.94. The van der Waals surface area contributed by atoms with E-state index in [9.17, 15) is 4.79 Å². The molecule has 1 aromatic heterocycles. The van der Waals surface area contributed by atoms with E-state index in [-0.39, 0.29) is 11.9 Å². The van der Waals surface area contributed by atoms with Crippen LogP contribution in [-0.2, 0) is 6.54 Å². The van der Waals surface area contributed by atoms with E-state index < -0.39 is 0 Å². The molecule has 0 saturated heterocycles. The maximum Gasteiger partial charge on any atom is 0.251 e. The SMILES string of the molecule is Cc1cc(C)n(Cc2cccc(C(=O)NC3CCC(N)CC3)c2)n1. The van der Waals surface area contributed by atoms with Crippen molar-refractivity contribution in [3.8, 4) is 0 Å². The third-order valence-electron chi connectivity index (χ3n) is 4.73. The van der Waals surface area contributed by atoms with Gasteiger partial charge in [0.15, 0.2) is 0 Å². The van der Waals surface area contributed by atoms with E-state index >= 15 is 0 Å². The Labute approximate surface area is 143 Å². The summed E-state index contributed by atoms with van der Waals surface area (Å²) in [6.07, 6.45) is 3.92. The average Bonchev–Trinajstić information content (AvgIpc) is 2.87. The van der Waals surface area contributed by atoms with Crippen molar-refractivity contribution >= 4 is 5.91 Å². The molecule has 1 aliphatic carbocycles. The van der Waals surface area contributed by atoms with Gasteiger partial charge in [0.1, 0.15) is 0 Å². The molecule has 1 aliphatic rings. The summed E-state index contributed by atoms with van der Waals surface area (Å²) in [5.41, 5.74) is 9.86. The molecule has 5 nitrogen and oxygen atoms in total. The van der Waals surface area contributed by atoms with Gasteiger partial charge in [0, 0.05) is 23.3 Å². The number of carbonyl (C=O) groups excluding carboxylic acids is 1. The molecule has 5 heteroatoms. The van der Waals surface area contributed by atoms with Crippen molar-refractivity contribution in [1.29, 1.82) is 0 Å². The standard InChI is InChI=1S/C19H26N4O/c1-13-10-14(2)23(22-13)12-15-4-3-5-16(11-15)19(24)21-18-8-6-17(20)7-9-18/h3-5,10-11,17-18H,6-9,12,20H2,1-2H3,(H,21,24). The number of hydrogen-bond donors (Lipinski definition) is 2. The van der Waals surface area contributed by atoms with Gasteiger partial charge in [0.2, 0.25) is 0 Å². The molecule has 1 fully saturated rings. The van der Waals surface area contributed by atoms with Crippen LogP contribution < -0.4 is 11.1 Å². The van der Waals surface area contributed by atoms with Crippen molar-refractivity contribution in [2.24, 2.45) is 5.73 Å². The van der Waals surface area contributed by atoms with Gasteiger partial charge in [0.05, 0.1) is 12.2 Å². The molecule has 0 atom stereocenters. The second kappa shape index (κ2) is 7.18. The zero-order valence-electron chi connectivity index (χ0n) is 14.5. The number of carbonyl (C=O) groups is 1. The van der Waals surface area contributed by atoms with E-state index in [2.05, 4.69) is 16.5 Å². The summed E-state index contributed by atoms with van der Waals surface area (Å²) in [5.74, 6) is 0.00527. The zero-order chi connectivity index (χ0) is 17.1. The van der Waals surface area contributed by atoms with Gasteiger partial charge in [-0.3, -0.25) is 9.48 Å². The minimum atomic E-state index is 0.00527. The number of benzene rings is 1. The molecule has 1 heterocycles. The van der Waals surface area contributed by atoms with Gasteiger partial charge in [-0.2, -0.15) is 5.10 Å². The summed E-state index contributed by atoms with van der Waals surface area (Å²) in [6, 6.07) is 10.4. The Morgan fingerprint density at radius 2 is 2.00 bits per heavy atom. The predicted octanol–water partition coefficient (Wildman–Crippen LogP) is 2.55. The Kier molecular flexibility index (Phi) is 5.00. The molecule has 1 saturated carbocycles. The Morgan fingerprint density at radius 1 is 1.25 bits per heavy atom. The predicted molar refractivity (Wildman–Crippen MR) is 94.9 cm³/mol. The average molecular weight is 326 g/mol. The molecule has 0 bridgehead atoms. The Bertz CT molecular complexity index is 714. The lowest BCUT2D eigenvalue weighted by molar-refractivity contribution is 0.0925. The number of amides is 1. The topological polar surface area (TPSA) is 72.9 Å². The number of nitrogens with one attached hydrogen (secondary N) is 1. The summed E-state index contributed by atoms with van der Waals surface area (Å²) < 4.78 is 1.97. The molecule has 1 aromatic carbocycles. The lowest BCUT2D eigenvalue weighted by Gasteiger charge is -2.26. The van der Waals surface area contributed by atoms with Crippen LogP contribution in [-0.4, -0.2) is 27.8 Å². The fourth-order valence-electron chi connectivity index (χ4n) is 3.35. The largest absolute Gasteiger partial charge is 0.349 e. The molecule has 0 radical (unpaired) electrons. The van der Waals surface area contributed by atoms with Crippen LogP contribution in [0.5, 0.6) is 0 Å². The van der Waals surface area contributed by atoms with Gasteiger partial charge in [-0.15, -0.1) is 0 Å². The normalized spacial score (nSPS) is 20.8. The fraction of sp³-hybridized carbons (Fsp3) is 0.474. The Balaban J connectivity index is 1.66. The maximum absolute atomic E-state index is 12.5.